The molecule has 0 aliphatic heterocycles. The van der Waals surface area contributed by atoms with Crippen LogP contribution >= 0.6 is 0 Å². The molecule has 0 atom stereocenters. The van der Waals surface area contributed by atoms with Crippen molar-refractivity contribution in [2.75, 3.05) is 0 Å². The summed E-state index contributed by atoms with van der Waals surface area (Å²) in [5, 5.41) is 0. The Hall–Kier alpha value is 0.223. The average Bonchev–Trinajstić information content (AvgIpc) is 2.91. The molecule has 0 saturated heterocycles. The van der Waals surface area contributed by atoms with Crippen LogP contribution in [0.5, 0.6) is 0 Å². The predicted octanol–water partition coefficient (Wildman–Crippen LogP) is -1.29. The molecule has 1 heterocycles. The largest absolute Gasteiger partial charge is 2.00 e. The summed E-state index contributed by atoms with van der Waals surface area (Å²) in [5.41, 5.74) is 2.72. The Balaban J connectivity index is -0.000000349. The SMILES string of the molecule is CC(C)(C)c1cc[c-](C(C)(C)C)n1.[C-]1=CC=CC1.[Cl-].[Cl-].[Zr+2]. The van der Waals surface area contributed by atoms with Crippen LogP contribution in [0.3, 0.4) is 0 Å². The van der Waals surface area contributed by atoms with Crippen LogP contribution in [0.1, 0.15) is 59.4 Å². The molecule has 1 nitrogen and oxygen atoms in total. The summed E-state index contributed by atoms with van der Waals surface area (Å²) in [6.45, 7) is 13.2. The van der Waals surface area contributed by atoms with Crippen molar-refractivity contribution in [2.45, 2.75) is 58.8 Å². The first-order chi connectivity index (χ1) is 8.21. The number of hydrogen-bond donors (Lipinski definition) is 0. The topological polar surface area (TPSA) is 12.9 Å². The molecular formula is C17H25Cl2NZr-2. The van der Waals surface area contributed by atoms with Gasteiger partial charge in [0.2, 0.25) is 0 Å². The van der Waals surface area contributed by atoms with Gasteiger partial charge in [-0.25, -0.2) is 12.2 Å². The van der Waals surface area contributed by atoms with E-state index in [2.05, 4.69) is 70.8 Å². The monoisotopic (exact) mass is 403 g/mol. The molecule has 21 heavy (non-hydrogen) atoms. The molecule has 0 N–H and O–H groups in total. The zero-order valence-electron chi connectivity index (χ0n) is 13.8. The Bertz CT molecular complexity index is 396. The Labute approximate surface area is 162 Å². The molecule has 0 radical (unpaired) electrons. The van der Waals surface area contributed by atoms with Gasteiger partial charge in [-0.15, -0.1) is 12.1 Å². The molecule has 0 aromatic carbocycles. The van der Waals surface area contributed by atoms with Gasteiger partial charge < -0.3 is 29.8 Å². The van der Waals surface area contributed by atoms with Crippen LogP contribution in [-0.2, 0) is 37.0 Å². The zero-order valence-corrected chi connectivity index (χ0v) is 17.8. The fourth-order valence-electron chi connectivity index (χ4n) is 1.54. The van der Waals surface area contributed by atoms with E-state index in [1.165, 1.54) is 11.4 Å². The third kappa shape index (κ3) is 9.77. The van der Waals surface area contributed by atoms with E-state index in [1.807, 2.05) is 12.2 Å². The van der Waals surface area contributed by atoms with E-state index in [4.69, 9.17) is 0 Å². The van der Waals surface area contributed by atoms with Crippen molar-refractivity contribution in [3.63, 3.8) is 0 Å². The van der Waals surface area contributed by atoms with E-state index in [9.17, 15) is 0 Å². The van der Waals surface area contributed by atoms with E-state index < -0.39 is 0 Å². The molecule has 0 fully saturated rings. The maximum Gasteiger partial charge on any atom is 2.00 e. The Kier molecular flexibility index (Phi) is 13.5. The van der Waals surface area contributed by atoms with Crippen molar-refractivity contribution in [1.82, 2.24) is 4.98 Å². The van der Waals surface area contributed by atoms with Crippen LogP contribution in [-0.4, -0.2) is 4.98 Å². The number of halogens is 2. The maximum absolute atomic E-state index is 4.65. The summed E-state index contributed by atoms with van der Waals surface area (Å²) in [6, 6.07) is 4.28. The smallest absolute Gasteiger partial charge is 1.00 e. The molecule has 1 aromatic rings. The van der Waals surface area contributed by atoms with Crippen LogP contribution in [0.2, 0.25) is 0 Å². The van der Waals surface area contributed by atoms with E-state index in [0.717, 1.165) is 6.42 Å². The molecule has 1 aliphatic rings. The van der Waals surface area contributed by atoms with Crippen molar-refractivity contribution in [2.24, 2.45) is 0 Å². The third-order valence-corrected chi connectivity index (χ3v) is 2.76. The van der Waals surface area contributed by atoms with E-state index in [0.29, 0.717) is 0 Å². The van der Waals surface area contributed by atoms with Crippen LogP contribution in [0.15, 0.2) is 30.4 Å². The van der Waals surface area contributed by atoms with Crippen molar-refractivity contribution in [3.8, 4) is 0 Å². The first kappa shape index (κ1) is 26.1. The van der Waals surface area contributed by atoms with Crippen LogP contribution < -0.4 is 24.8 Å². The molecule has 0 amide bonds. The maximum atomic E-state index is 4.65. The molecule has 1 aromatic heterocycles. The summed E-state index contributed by atoms with van der Waals surface area (Å²) in [6.07, 6.45) is 10.0. The normalized spacial score (nSPS) is 12.5. The molecule has 0 saturated carbocycles. The summed E-state index contributed by atoms with van der Waals surface area (Å²) >= 11 is 0. The third-order valence-electron chi connectivity index (χ3n) is 2.76. The van der Waals surface area contributed by atoms with Crippen LogP contribution in [0.25, 0.3) is 0 Å². The predicted molar refractivity (Wildman–Crippen MR) is 78.8 cm³/mol. The number of hydrogen-bond acceptors (Lipinski definition) is 1. The van der Waals surface area contributed by atoms with E-state index in [1.54, 1.807) is 0 Å². The first-order valence-electron chi connectivity index (χ1n) is 6.58. The van der Waals surface area contributed by atoms with Gasteiger partial charge in [-0.3, -0.25) is 6.08 Å². The molecule has 0 unspecified atom stereocenters. The van der Waals surface area contributed by atoms with Crippen LogP contribution in [0.4, 0.5) is 0 Å². The first-order valence-corrected chi connectivity index (χ1v) is 6.58. The average molecular weight is 406 g/mol. The Morgan fingerprint density at radius 3 is 1.86 bits per heavy atom. The summed E-state index contributed by atoms with van der Waals surface area (Å²) < 4.78 is 0. The summed E-state index contributed by atoms with van der Waals surface area (Å²) in [5.74, 6) is 0. The minimum Gasteiger partial charge on any atom is -1.00 e. The van der Waals surface area contributed by atoms with Crippen molar-refractivity contribution >= 4 is 0 Å². The molecule has 118 valence electrons. The number of nitrogens with zero attached hydrogens (tertiary/aromatic N) is 1. The Morgan fingerprint density at radius 1 is 1.10 bits per heavy atom. The van der Waals surface area contributed by atoms with Crippen molar-refractivity contribution < 1.29 is 51.0 Å². The number of allylic oxidation sites excluding steroid dienone is 4. The number of aromatic nitrogens is 1. The van der Waals surface area contributed by atoms with Gasteiger partial charge in [0, 0.05) is 0 Å². The van der Waals surface area contributed by atoms with Gasteiger partial charge in [-0.05, 0) is 5.41 Å². The van der Waals surface area contributed by atoms with Gasteiger partial charge in [0.05, 0.1) is 0 Å². The van der Waals surface area contributed by atoms with Gasteiger partial charge in [0.15, 0.2) is 0 Å². The standard InChI is InChI=1S/C12H20N.C5H5.2ClH.Zr/c1-11(2,3)9-7-8-10(13-9)12(4,5)6;1-2-4-5-3-1;;;/h7-8H,1-6H3;1-3H,4H2;2*1H;/q2*-1;;;+2/p-2. The second-order valence-electron chi connectivity index (χ2n) is 6.72. The zero-order chi connectivity index (χ0) is 13.8. The number of rotatable bonds is 0. The van der Waals surface area contributed by atoms with E-state index >= 15 is 0 Å². The fraction of sp³-hybridized carbons (Fsp3) is 0.529. The molecular weight excluding hydrogens is 380 g/mol. The molecule has 0 spiro atoms. The minimum absolute atomic E-state index is 0. The Morgan fingerprint density at radius 2 is 1.67 bits per heavy atom. The molecule has 0 bridgehead atoms. The van der Waals surface area contributed by atoms with Crippen LogP contribution in [0, 0.1) is 6.08 Å². The fourth-order valence-corrected chi connectivity index (χ4v) is 1.54. The van der Waals surface area contributed by atoms with Gasteiger partial charge in [0.25, 0.3) is 0 Å². The molecule has 1 aliphatic carbocycles. The second-order valence-corrected chi connectivity index (χ2v) is 6.72. The summed E-state index contributed by atoms with van der Waals surface area (Å²) in [4.78, 5) is 4.65. The van der Waals surface area contributed by atoms with Gasteiger partial charge in [-0.2, -0.15) is 18.2 Å². The molecule has 2 rings (SSSR count). The molecule has 4 heteroatoms. The van der Waals surface area contributed by atoms with Gasteiger partial charge in [-0.1, -0.05) is 52.7 Å². The van der Waals surface area contributed by atoms with E-state index in [-0.39, 0.29) is 61.8 Å². The van der Waals surface area contributed by atoms with Crippen molar-refractivity contribution in [1.29, 1.82) is 0 Å². The minimum atomic E-state index is 0. The van der Waals surface area contributed by atoms with Gasteiger partial charge in [0.1, 0.15) is 0 Å². The quantitative estimate of drug-likeness (QED) is 0.490. The van der Waals surface area contributed by atoms with Crippen molar-refractivity contribution in [3.05, 3.63) is 47.8 Å². The summed E-state index contributed by atoms with van der Waals surface area (Å²) in [7, 11) is 0. The second kappa shape index (κ2) is 10.9. The van der Waals surface area contributed by atoms with Gasteiger partial charge >= 0.3 is 26.2 Å².